The van der Waals surface area contributed by atoms with Crippen molar-refractivity contribution in [3.8, 4) is 0 Å². The van der Waals surface area contributed by atoms with Crippen LogP contribution in [0.5, 0.6) is 0 Å². The summed E-state index contributed by atoms with van der Waals surface area (Å²) in [7, 11) is 0. The molecular weight excluding hydrogens is 262 g/mol. The van der Waals surface area contributed by atoms with Gasteiger partial charge in [0.15, 0.2) is 0 Å². The topological polar surface area (TPSA) is 40.5 Å². The summed E-state index contributed by atoms with van der Waals surface area (Å²) in [4.78, 5) is 14.3. The van der Waals surface area contributed by atoms with E-state index in [0.29, 0.717) is 17.4 Å². The Balaban J connectivity index is 2.13. The Bertz CT molecular complexity index is 357. The number of carbonyl (C=O) groups is 1. The zero-order valence-corrected chi connectivity index (χ0v) is 14.3. The first-order valence-electron chi connectivity index (χ1n) is 8.83. The van der Waals surface area contributed by atoms with Crippen LogP contribution in [0.4, 0.5) is 0 Å². The Kier molecular flexibility index (Phi) is 5.34. The first kappa shape index (κ1) is 16.8. The third kappa shape index (κ3) is 4.21. The van der Waals surface area contributed by atoms with E-state index < -0.39 is 5.97 Å². The van der Waals surface area contributed by atoms with Crippen molar-refractivity contribution < 1.29 is 9.90 Å². The molecule has 122 valence electrons. The van der Waals surface area contributed by atoms with Crippen molar-refractivity contribution in [3.63, 3.8) is 0 Å². The normalized spacial score (nSPS) is 30.6. The summed E-state index contributed by atoms with van der Waals surface area (Å²) in [5.41, 5.74) is 0.293. The highest BCUT2D eigenvalue weighted by Gasteiger charge is 2.44. The lowest BCUT2D eigenvalue weighted by Crippen LogP contribution is -2.50. The van der Waals surface area contributed by atoms with Crippen LogP contribution < -0.4 is 0 Å². The highest BCUT2D eigenvalue weighted by molar-refractivity contribution is 5.71. The predicted octanol–water partition coefficient (Wildman–Crippen LogP) is 4.17. The van der Waals surface area contributed by atoms with Crippen molar-refractivity contribution in [2.24, 2.45) is 17.3 Å². The number of hydrogen-bond acceptors (Lipinski definition) is 2. The van der Waals surface area contributed by atoms with Gasteiger partial charge in [-0.2, -0.15) is 0 Å². The monoisotopic (exact) mass is 295 g/mol. The van der Waals surface area contributed by atoms with Crippen molar-refractivity contribution in [2.75, 3.05) is 6.54 Å². The zero-order chi connectivity index (χ0) is 15.6. The lowest BCUT2D eigenvalue weighted by Gasteiger charge is -2.45. The minimum absolute atomic E-state index is 0.152. The van der Waals surface area contributed by atoms with Gasteiger partial charge in [0.2, 0.25) is 0 Å². The van der Waals surface area contributed by atoms with Gasteiger partial charge in [-0.3, -0.25) is 9.69 Å². The third-order valence-corrected chi connectivity index (χ3v) is 5.57. The summed E-state index contributed by atoms with van der Waals surface area (Å²) in [5.74, 6) is -0.0726. The molecule has 0 amide bonds. The third-order valence-electron chi connectivity index (χ3n) is 5.57. The van der Waals surface area contributed by atoms with Crippen LogP contribution in [-0.2, 0) is 4.79 Å². The molecule has 3 atom stereocenters. The molecule has 2 aliphatic carbocycles. The minimum Gasteiger partial charge on any atom is -0.481 e. The first-order chi connectivity index (χ1) is 9.84. The summed E-state index contributed by atoms with van der Waals surface area (Å²) in [6, 6.07) is 0.932. The molecule has 0 heterocycles. The van der Waals surface area contributed by atoms with E-state index in [-0.39, 0.29) is 12.0 Å². The van der Waals surface area contributed by atoms with Gasteiger partial charge in [0.1, 0.15) is 0 Å². The Hall–Kier alpha value is -0.570. The van der Waals surface area contributed by atoms with Gasteiger partial charge in [0.05, 0.1) is 5.92 Å². The van der Waals surface area contributed by atoms with Gasteiger partial charge in [-0.15, -0.1) is 0 Å². The van der Waals surface area contributed by atoms with Crippen LogP contribution in [0.1, 0.15) is 72.6 Å². The molecule has 21 heavy (non-hydrogen) atoms. The van der Waals surface area contributed by atoms with Crippen LogP contribution in [-0.4, -0.2) is 34.6 Å². The quantitative estimate of drug-likeness (QED) is 0.799. The van der Waals surface area contributed by atoms with Gasteiger partial charge < -0.3 is 5.11 Å². The van der Waals surface area contributed by atoms with Gasteiger partial charge in [-0.25, -0.2) is 0 Å². The molecule has 2 saturated carbocycles. The Morgan fingerprint density at radius 1 is 1.19 bits per heavy atom. The molecule has 3 heteroatoms. The van der Waals surface area contributed by atoms with Crippen molar-refractivity contribution in [2.45, 2.75) is 84.7 Å². The van der Waals surface area contributed by atoms with Crippen LogP contribution >= 0.6 is 0 Å². The maximum Gasteiger partial charge on any atom is 0.308 e. The number of nitrogens with zero attached hydrogens (tertiary/aromatic N) is 1. The van der Waals surface area contributed by atoms with Gasteiger partial charge in [0.25, 0.3) is 0 Å². The molecule has 0 aromatic carbocycles. The summed E-state index contributed by atoms with van der Waals surface area (Å²) < 4.78 is 0. The van der Waals surface area contributed by atoms with E-state index in [1.54, 1.807) is 0 Å². The number of carboxylic acids is 1. The van der Waals surface area contributed by atoms with E-state index in [9.17, 15) is 9.90 Å². The van der Waals surface area contributed by atoms with Crippen LogP contribution in [0.15, 0.2) is 0 Å². The average molecular weight is 295 g/mol. The van der Waals surface area contributed by atoms with E-state index in [0.717, 1.165) is 25.8 Å². The van der Waals surface area contributed by atoms with E-state index in [1.807, 2.05) is 0 Å². The standard InChI is InChI=1S/C18H33NO2/c1-5-6-11-19(14-8-9-14)16-12-13(18(2,3)4)7-10-15(16)17(20)21/h13-16H,5-12H2,1-4H3,(H,20,21). The summed E-state index contributed by atoms with van der Waals surface area (Å²) in [6.07, 6.45) is 7.93. The molecule has 2 aliphatic rings. The van der Waals surface area contributed by atoms with E-state index >= 15 is 0 Å². The molecule has 0 aliphatic heterocycles. The molecule has 2 fully saturated rings. The Morgan fingerprint density at radius 3 is 2.33 bits per heavy atom. The zero-order valence-electron chi connectivity index (χ0n) is 14.3. The average Bonchev–Trinajstić information content (AvgIpc) is 3.22. The van der Waals surface area contributed by atoms with Gasteiger partial charge in [-0.1, -0.05) is 34.1 Å². The molecular formula is C18H33NO2. The molecule has 3 unspecified atom stereocenters. The molecule has 0 saturated heterocycles. The maximum atomic E-state index is 11.7. The van der Waals surface area contributed by atoms with Gasteiger partial charge >= 0.3 is 5.97 Å². The number of aliphatic carboxylic acids is 1. The highest BCUT2D eigenvalue weighted by atomic mass is 16.4. The smallest absolute Gasteiger partial charge is 0.308 e. The lowest BCUT2D eigenvalue weighted by atomic mass is 9.67. The lowest BCUT2D eigenvalue weighted by molar-refractivity contribution is -0.147. The number of unbranched alkanes of at least 4 members (excludes halogenated alkanes) is 1. The van der Waals surface area contributed by atoms with Crippen LogP contribution in [0.2, 0.25) is 0 Å². The molecule has 3 nitrogen and oxygen atoms in total. The largest absolute Gasteiger partial charge is 0.481 e. The van der Waals surface area contributed by atoms with Crippen LogP contribution in [0.3, 0.4) is 0 Å². The second-order valence-electron chi connectivity index (χ2n) is 8.21. The van der Waals surface area contributed by atoms with Crippen molar-refractivity contribution >= 4 is 5.97 Å². The van der Waals surface area contributed by atoms with Crippen LogP contribution in [0.25, 0.3) is 0 Å². The Morgan fingerprint density at radius 2 is 1.86 bits per heavy atom. The molecule has 2 rings (SSSR count). The van der Waals surface area contributed by atoms with E-state index in [1.165, 1.54) is 25.7 Å². The number of rotatable bonds is 6. The molecule has 0 radical (unpaired) electrons. The number of carboxylic acid groups (broad SMARTS) is 1. The fourth-order valence-corrected chi connectivity index (χ4v) is 3.95. The van der Waals surface area contributed by atoms with Crippen molar-refractivity contribution in [1.29, 1.82) is 0 Å². The summed E-state index contributed by atoms with van der Waals surface area (Å²) >= 11 is 0. The van der Waals surface area contributed by atoms with Crippen molar-refractivity contribution in [3.05, 3.63) is 0 Å². The second-order valence-corrected chi connectivity index (χ2v) is 8.21. The van der Waals surface area contributed by atoms with Crippen LogP contribution in [0, 0.1) is 17.3 Å². The second kappa shape index (κ2) is 6.68. The molecule has 0 bridgehead atoms. The molecule has 0 aromatic heterocycles. The van der Waals surface area contributed by atoms with Crippen molar-refractivity contribution in [1.82, 2.24) is 4.90 Å². The SMILES string of the molecule is CCCCN(C1CC1)C1CC(C(C)(C)C)CCC1C(=O)O. The molecule has 0 spiro atoms. The highest BCUT2D eigenvalue weighted by Crippen LogP contribution is 2.44. The molecule has 0 aromatic rings. The maximum absolute atomic E-state index is 11.7. The van der Waals surface area contributed by atoms with Gasteiger partial charge in [0, 0.05) is 12.1 Å². The summed E-state index contributed by atoms with van der Waals surface area (Å²) in [6.45, 7) is 10.2. The fourth-order valence-electron chi connectivity index (χ4n) is 3.95. The summed E-state index contributed by atoms with van der Waals surface area (Å²) in [5, 5.41) is 9.65. The minimum atomic E-state index is -0.575. The first-order valence-corrected chi connectivity index (χ1v) is 8.83. The Labute approximate surface area is 130 Å². The van der Waals surface area contributed by atoms with E-state index in [2.05, 4.69) is 32.6 Å². The number of hydrogen-bond donors (Lipinski definition) is 1. The van der Waals surface area contributed by atoms with E-state index in [4.69, 9.17) is 0 Å². The predicted molar refractivity (Wildman–Crippen MR) is 86.3 cm³/mol. The fraction of sp³-hybridized carbons (Fsp3) is 0.944. The molecule has 1 N–H and O–H groups in total. The van der Waals surface area contributed by atoms with Gasteiger partial charge in [-0.05, 0) is 56.4 Å².